The highest BCUT2D eigenvalue weighted by Crippen LogP contribution is 2.40. The van der Waals surface area contributed by atoms with Crippen molar-refractivity contribution in [3.63, 3.8) is 0 Å². The number of likely N-dealkylation sites (tertiary alicyclic amines) is 1. The number of nitro groups is 2. The lowest BCUT2D eigenvalue weighted by Gasteiger charge is -2.25. The highest BCUT2D eigenvalue weighted by Gasteiger charge is 2.46. The molecule has 1 fully saturated rings. The first kappa shape index (κ1) is 21.6. The minimum absolute atomic E-state index is 0.0223. The number of hydrogen-bond donors (Lipinski definition) is 2. The molecule has 0 spiro atoms. The monoisotopic (exact) mass is 427 g/mol. The quantitative estimate of drug-likeness (QED) is 0.223. The summed E-state index contributed by atoms with van der Waals surface area (Å²) in [5, 5.41) is 42.0. The third-order valence-corrected chi connectivity index (χ3v) is 4.85. The van der Waals surface area contributed by atoms with Crippen LogP contribution in [0, 0.1) is 20.2 Å². The fourth-order valence-electron chi connectivity index (χ4n) is 3.40. The number of Topliss-reactive ketones (excluding diaryl/α,β-unsaturated/α-hetero) is 1. The zero-order valence-corrected chi connectivity index (χ0v) is 16.0. The molecule has 0 radical (unpaired) electrons. The van der Waals surface area contributed by atoms with Crippen LogP contribution in [0.25, 0.3) is 5.76 Å². The van der Waals surface area contributed by atoms with E-state index in [4.69, 9.17) is 5.11 Å². The zero-order valence-electron chi connectivity index (χ0n) is 16.0. The summed E-state index contributed by atoms with van der Waals surface area (Å²) in [5.41, 5.74) is -0.482. The van der Waals surface area contributed by atoms with Crippen LogP contribution in [0.3, 0.4) is 0 Å². The molecule has 31 heavy (non-hydrogen) atoms. The van der Waals surface area contributed by atoms with E-state index in [2.05, 4.69) is 0 Å². The highest BCUT2D eigenvalue weighted by molar-refractivity contribution is 6.46. The predicted molar refractivity (Wildman–Crippen MR) is 107 cm³/mol. The fraction of sp³-hybridized carbons (Fsp3) is 0.200. The van der Waals surface area contributed by atoms with Gasteiger partial charge < -0.3 is 15.1 Å². The number of carbonyl (C=O) groups is 2. The van der Waals surface area contributed by atoms with Crippen LogP contribution in [0.5, 0.6) is 0 Å². The van der Waals surface area contributed by atoms with Gasteiger partial charge in [0.05, 0.1) is 21.5 Å². The second-order valence-corrected chi connectivity index (χ2v) is 6.73. The van der Waals surface area contributed by atoms with Crippen LogP contribution < -0.4 is 0 Å². The van der Waals surface area contributed by atoms with E-state index in [1.165, 1.54) is 36.4 Å². The number of non-ortho nitro benzene ring substituents is 2. The van der Waals surface area contributed by atoms with E-state index < -0.39 is 33.3 Å². The topological polar surface area (TPSA) is 164 Å². The van der Waals surface area contributed by atoms with Gasteiger partial charge in [-0.3, -0.25) is 29.8 Å². The van der Waals surface area contributed by atoms with E-state index in [9.17, 15) is 34.9 Å². The second kappa shape index (κ2) is 8.71. The first-order chi connectivity index (χ1) is 14.8. The second-order valence-electron chi connectivity index (χ2n) is 6.73. The van der Waals surface area contributed by atoms with E-state index in [1.807, 2.05) is 0 Å². The van der Waals surface area contributed by atoms with Crippen LogP contribution in [0.15, 0.2) is 54.1 Å². The number of benzene rings is 2. The van der Waals surface area contributed by atoms with E-state index in [1.54, 1.807) is 0 Å². The Morgan fingerprint density at radius 1 is 1.00 bits per heavy atom. The molecule has 2 N–H and O–H groups in total. The Labute approximate surface area is 175 Å². The van der Waals surface area contributed by atoms with Crippen molar-refractivity contribution in [3.05, 3.63) is 85.5 Å². The number of amides is 1. The van der Waals surface area contributed by atoms with Crippen LogP contribution in [-0.4, -0.2) is 49.8 Å². The van der Waals surface area contributed by atoms with Gasteiger partial charge in [0.1, 0.15) is 5.76 Å². The van der Waals surface area contributed by atoms with E-state index in [-0.39, 0.29) is 47.6 Å². The van der Waals surface area contributed by atoms with Crippen LogP contribution in [0.2, 0.25) is 0 Å². The van der Waals surface area contributed by atoms with Crippen molar-refractivity contribution in [2.24, 2.45) is 0 Å². The van der Waals surface area contributed by atoms with Crippen molar-refractivity contribution < 1.29 is 29.6 Å². The van der Waals surface area contributed by atoms with E-state index >= 15 is 0 Å². The molecule has 1 atom stereocenters. The maximum absolute atomic E-state index is 12.8. The summed E-state index contributed by atoms with van der Waals surface area (Å²) in [7, 11) is 0. The fourth-order valence-corrected chi connectivity index (χ4v) is 3.40. The SMILES string of the molecule is O=C1C(=O)N(CCCO)C(c2cccc([N+](=O)[O-])c2)/C1=C(\O)c1ccc([N+](=O)[O-])cc1. The number of ketones is 1. The average Bonchev–Trinajstić information content (AvgIpc) is 3.02. The summed E-state index contributed by atoms with van der Waals surface area (Å²) in [6.45, 7) is -0.279. The first-order valence-corrected chi connectivity index (χ1v) is 9.14. The Balaban J connectivity index is 2.17. The molecule has 2 aromatic rings. The van der Waals surface area contributed by atoms with Crippen LogP contribution in [-0.2, 0) is 9.59 Å². The summed E-state index contributed by atoms with van der Waals surface area (Å²) >= 11 is 0. The number of hydrogen-bond acceptors (Lipinski definition) is 8. The number of aliphatic hydroxyl groups excluding tert-OH is 2. The molecule has 1 unspecified atom stereocenters. The van der Waals surface area contributed by atoms with Gasteiger partial charge in [-0.15, -0.1) is 0 Å². The van der Waals surface area contributed by atoms with Crippen molar-refractivity contribution in [1.82, 2.24) is 4.90 Å². The standard InChI is InChI=1S/C20H17N3O8/c24-10-2-9-21-17(13-3-1-4-15(11-13)23(30)31)16(19(26)20(21)27)18(25)12-5-7-14(8-6-12)22(28)29/h1,3-8,11,17,24-25H,2,9-10H2/b18-16+. The predicted octanol–water partition coefficient (Wildman–Crippen LogP) is 2.31. The van der Waals surface area contributed by atoms with Gasteiger partial charge in [0, 0.05) is 43.0 Å². The maximum Gasteiger partial charge on any atom is 0.295 e. The molecule has 0 aliphatic carbocycles. The molecular formula is C20H17N3O8. The van der Waals surface area contributed by atoms with Gasteiger partial charge >= 0.3 is 0 Å². The highest BCUT2D eigenvalue weighted by atomic mass is 16.6. The van der Waals surface area contributed by atoms with Crippen LogP contribution in [0.1, 0.15) is 23.6 Å². The normalized spacial score (nSPS) is 17.7. The van der Waals surface area contributed by atoms with Gasteiger partial charge in [0.2, 0.25) is 0 Å². The Bertz CT molecular complexity index is 1090. The summed E-state index contributed by atoms with van der Waals surface area (Å²) in [6, 6.07) is 8.95. The Kier molecular flexibility index (Phi) is 6.07. The number of carbonyl (C=O) groups excluding carboxylic acids is 2. The molecule has 160 valence electrons. The number of rotatable bonds is 7. The third kappa shape index (κ3) is 4.12. The van der Waals surface area contributed by atoms with E-state index in [0.29, 0.717) is 0 Å². The summed E-state index contributed by atoms with van der Waals surface area (Å²) in [4.78, 5) is 47.3. The lowest BCUT2D eigenvalue weighted by Crippen LogP contribution is -2.31. The molecular weight excluding hydrogens is 410 g/mol. The lowest BCUT2D eigenvalue weighted by molar-refractivity contribution is -0.385. The molecule has 0 bridgehead atoms. The van der Waals surface area contributed by atoms with Gasteiger partial charge in [0.25, 0.3) is 23.1 Å². The van der Waals surface area contributed by atoms with Gasteiger partial charge in [-0.25, -0.2) is 0 Å². The number of aliphatic hydroxyl groups is 2. The Morgan fingerprint density at radius 2 is 1.65 bits per heavy atom. The molecule has 3 rings (SSSR count). The van der Waals surface area contributed by atoms with Crippen molar-refractivity contribution in [2.45, 2.75) is 12.5 Å². The van der Waals surface area contributed by atoms with Gasteiger partial charge in [0.15, 0.2) is 0 Å². The Morgan fingerprint density at radius 3 is 2.23 bits per heavy atom. The molecule has 1 aliphatic rings. The molecule has 0 saturated carbocycles. The molecule has 1 heterocycles. The molecule has 1 aliphatic heterocycles. The smallest absolute Gasteiger partial charge is 0.295 e. The van der Waals surface area contributed by atoms with Gasteiger partial charge in [-0.2, -0.15) is 0 Å². The van der Waals surface area contributed by atoms with Crippen LogP contribution >= 0.6 is 0 Å². The lowest BCUT2D eigenvalue weighted by atomic mass is 9.95. The van der Waals surface area contributed by atoms with E-state index in [0.717, 1.165) is 17.0 Å². The summed E-state index contributed by atoms with van der Waals surface area (Å²) in [6.07, 6.45) is 0.149. The molecule has 11 heteroatoms. The number of nitrogens with zero attached hydrogens (tertiary/aromatic N) is 3. The molecule has 11 nitrogen and oxygen atoms in total. The van der Waals surface area contributed by atoms with Gasteiger partial charge in [-0.1, -0.05) is 12.1 Å². The third-order valence-electron chi connectivity index (χ3n) is 4.85. The first-order valence-electron chi connectivity index (χ1n) is 9.14. The van der Waals surface area contributed by atoms with Crippen molar-refractivity contribution in [1.29, 1.82) is 0 Å². The van der Waals surface area contributed by atoms with Crippen molar-refractivity contribution >= 4 is 28.8 Å². The maximum atomic E-state index is 12.8. The van der Waals surface area contributed by atoms with Crippen molar-refractivity contribution in [3.8, 4) is 0 Å². The minimum atomic E-state index is -1.12. The largest absolute Gasteiger partial charge is 0.507 e. The molecule has 2 aromatic carbocycles. The Hall–Kier alpha value is -4.12. The van der Waals surface area contributed by atoms with Gasteiger partial charge in [-0.05, 0) is 24.1 Å². The average molecular weight is 427 g/mol. The molecule has 1 saturated heterocycles. The summed E-state index contributed by atoms with van der Waals surface area (Å²) in [5.74, 6) is -2.48. The number of nitro benzene ring substituents is 2. The molecule has 0 aromatic heterocycles. The zero-order chi connectivity index (χ0) is 22.7. The minimum Gasteiger partial charge on any atom is -0.507 e. The molecule has 1 amide bonds. The van der Waals surface area contributed by atoms with Crippen LogP contribution in [0.4, 0.5) is 11.4 Å². The van der Waals surface area contributed by atoms with Crippen molar-refractivity contribution in [2.75, 3.05) is 13.2 Å². The summed E-state index contributed by atoms with van der Waals surface area (Å²) < 4.78 is 0.